The summed E-state index contributed by atoms with van der Waals surface area (Å²) in [6.07, 6.45) is 9.26. The van der Waals surface area contributed by atoms with Crippen LogP contribution in [0.25, 0.3) is 33.0 Å². The van der Waals surface area contributed by atoms with Crippen LogP contribution in [-0.2, 0) is 0 Å². The van der Waals surface area contributed by atoms with Gasteiger partial charge < -0.3 is 4.74 Å². The number of nitrogens with one attached hydrogen (secondary N) is 1. The van der Waals surface area contributed by atoms with E-state index in [4.69, 9.17) is 4.74 Å². The van der Waals surface area contributed by atoms with Gasteiger partial charge in [0.05, 0.1) is 30.8 Å². The molecule has 1 aliphatic carbocycles. The van der Waals surface area contributed by atoms with Crippen LogP contribution in [0.3, 0.4) is 0 Å². The number of amides is 1. The van der Waals surface area contributed by atoms with E-state index in [9.17, 15) is 4.79 Å². The highest BCUT2D eigenvalue weighted by Gasteiger charge is 2.24. The van der Waals surface area contributed by atoms with E-state index in [2.05, 4.69) is 41.3 Å². The van der Waals surface area contributed by atoms with Crippen LogP contribution < -0.4 is 10.1 Å². The minimum absolute atomic E-state index is 0.337. The van der Waals surface area contributed by atoms with Crippen LogP contribution in [0, 0.1) is 13.8 Å². The second kappa shape index (κ2) is 9.29. The van der Waals surface area contributed by atoms with Crippen molar-refractivity contribution in [2.75, 3.05) is 12.4 Å². The van der Waals surface area contributed by atoms with Crippen LogP contribution in [-0.4, -0.2) is 42.9 Å². The van der Waals surface area contributed by atoms with Gasteiger partial charge in [0, 0.05) is 34.9 Å². The summed E-state index contributed by atoms with van der Waals surface area (Å²) in [6.45, 7) is 3.77. The Labute approximate surface area is 217 Å². The summed E-state index contributed by atoms with van der Waals surface area (Å²) >= 11 is 1.26. The van der Waals surface area contributed by atoms with Gasteiger partial charge in [-0.2, -0.15) is 4.98 Å². The largest absolute Gasteiger partial charge is 0.494 e. The molecule has 0 aliphatic heterocycles. The van der Waals surface area contributed by atoms with Crippen molar-refractivity contribution in [2.24, 2.45) is 0 Å². The summed E-state index contributed by atoms with van der Waals surface area (Å²) in [5.74, 6) is 0.885. The first kappa shape index (κ1) is 23.1. The van der Waals surface area contributed by atoms with E-state index in [1.165, 1.54) is 29.7 Å². The zero-order chi connectivity index (χ0) is 25.5. The zero-order valence-electron chi connectivity index (χ0n) is 20.5. The number of carbonyl (C=O) groups is 1. The number of fused-ring (bicyclic) bond motifs is 1. The number of pyridine rings is 3. The van der Waals surface area contributed by atoms with Gasteiger partial charge in [-0.3, -0.25) is 25.1 Å². The van der Waals surface area contributed by atoms with Crippen LogP contribution >= 0.6 is 11.3 Å². The molecule has 9 nitrogen and oxygen atoms in total. The first-order chi connectivity index (χ1) is 18.0. The summed E-state index contributed by atoms with van der Waals surface area (Å²) in [4.78, 5) is 40.8. The number of carbonyl (C=O) groups excluding carboxylic acids is 1. The standard InChI is InChI=1S/C27H23N7O2S/c1-14-8-18(19-9-15(2)29-13-23(19)36-3)20(11-28-14)25(35)34-27-33-24-26(37-27)32-22(12-31-24)21-7-6-17(10-30-21)16-4-5-16/h6-13,16H,4-5H2,1-3H3,(H,31,33,34,35). The Balaban J connectivity index is 1.29. The molecule has 37 heavy (non-hydrogen) atoms. The third-order valence-electron chi connectivity index (χ3n) is 6.24. The predicted molar refractivity (Wildman–Crippen MR) is 142 cm³/mol. The normalized spacial score (nSPS) is 13.1. The van der Waals surface area contributed by atoms with Crippen molar-refractivity contribution in [1.82, 2.24) is 29.9 Å². The lowest BCUT2D eigenvalue weighted by atomic mass is 9.99. The van der Waals surface area contributed by atoms with Gasteiger partial charge in [-0.25, -0.2) is 9.97 Å². The summed E-state index contributed by atoms with van der Waals surface area (Å²) in [5, 5.41) is 3.29. The lowest BCUT2D eigenvalue weighted by Crippen LogP contribution is -2.14. The molecule has 0 aromatic carbocycles. The van der Waals surface area contributed by atoms with Crippen LogP contribution in [0.5, 0.6) is 5.75 Å². The van der Waals surface area contributed by atoms with Crippen molar-refractivity contribution in [1.29, 1.82) is 0 Å². The number of aryl methyl sites for hydroxylation is 2. The van der Waals surface area contributed by atoms with E-state index in [0.29, 0.717) is 44.1 Å². The molecule has 0 spiro atoms. The van der Waals surface area contributed by atoms with Gasteiger partial charge >= 0.3 is 0 Å². The minimum Gasteiger partial charge on any atom is -0.494 e. The number of aromatic nitrogens is 6. The summed E-state index contributed by atoms with van der Waals surface area (Å²) in [6, 6.07) is 7.84. The lowest BCUT2D eigenvalue weighted by molar-refractivity contribution is 0.102. The molecule has 1 saturated carbocycles. The number of hydrogen-bond acceptors (Lipinski definition) is 9. The van der Waals surface area contributed by atoms with E-state index in [1.807, 2.05) is 38.2 Å². The first-order valence-corrected chi connectivity index (χ1v) is 12.7. The van der Waals surface area contributed by atoms with Crippen LogP contribution in [0.15, 0.2) is 49.1 Å². The average molecular weight is 510 g/mol. The Hall–Kier alpha value is -4.31. The van der Waals surface area contributed by atoms with E-state index in [1.54, 1.807) is 25.7 Å². The first-order valence-electron chi connectivity index (χ1n) is 11.9. The summed E-state index contributed by atoms with van der Waals surface area (Å²) < 4.78 is 5.51. The predicted octanol–water partition coefficient (Wildman–Crippen LogP) is 5.36. The van der Waals surface area contributed by atoms with Crippen molar-refractivity contribution < 1.29 is 9.53 Å². The van der Waals surface area contributed by atoms with Crippen LogP contribution in [0.1, 0.15) is 46.1 Å². The molecule has 5 aromatic heterocycles. The van der Waals surface area contributed by atoms with E-state index >= 15 is 0 Å². The Kier molecular flexibility index (Phi) is 5.80. The Morgan fingerprint density at radius 3 is 2.43 bits per heavy atom. The van der Waals surface area contributed by atoms with Gasteiger partial charge in [0.2, 0.25) is 0 Å². The van der Waals surface area contributed by atoms with E-state index in [0.717, 1.165) is 22.6 Å². The fraction of sp³-hybridized carbons (Fsp3) is 0.222. The molecule has 1 N–H and O–H groups in total. The molecule has 0 radical (unpaired) electrons. The molecule has 5 aromatic rings. The summed E-state index contributed by atoms with van der Waals surface area (Å²) in [7, 11) is 1.58. The highest BCUT2D eigenvalue weighted by molar-refractivity contribution is 7.21. The molecule has 0 unspecified atom stereocenters. The number of anilines is 1. The monoisotopic (exact) mass is 509 g/mol. The van der Waals surface area contributed by atoms with Gasteiger partial charge in [0.25, 0.3) is 5.91 Å². The second-order valence-corrected chi connectivity index (χ2v) is 9.98. The highest BCUT2D eigenvalue weighted by atomic mass is 32.1. The maximum Gasteiger partial charge on any atom is 0.259 e. The van der Waals surface area contributed by atoms with Crippen molar-refractivity contribution in [3.63, 3.8) is 0 Å². The van der Waals surface area contributed by atoms with Crippen LogP contribution in [0.4, 0.5) is 5.13 Å². The molecular formula is C27H23N7O2S. The van der Waals surface area contributed by atoms with Gasteiger partial charge in [0.1, 0.15) is 11.4 Å². The smallest absolute Gasteiger partial charge is 0.259 e. The molecular weight excluding hydrogens is 486 g/mol. The number of methoxy groups -OCH3 is 1. The molecule has 0 atom stereocenters. The molecule has 6 rings (SSSR count). The lowest BCUT2D eigenvalue weighted by Gasteiger charge is -2.13. The van der Waals surface area contributed by atoms with E-state index in [-0.39, 0.29) is 5.91 Å². The van der Waals surface area contributed by atoms with Gasteiger partial charge in [-0.15, -0.1) is 0 Å². The number of ether oxygens (including phenoxy) is 1. The second-order valence-electron chi connectivity index (χ2n) is 9.01. The third-order valence-corrected chi connectivity index (χ3v) is 7.09. The number of hydrogen-bond donors (Lipinski definition) is 1. The minimum atomic E-state index is -0.337. The number of nitrogens with zero attached hydrogens (tertiary/aromatic N) is 6. The van der Waals surface area contributed by atoms with Gasteiger partial charge in [0.15, 0.2) is 15.6 Å². The molecule has 1 aliphatic rings. The molecule has 0 saturated heterocycles. The fourth-order valence-electron chi connectivity index (χ4n) is 4.16. The molecule has 0 bridgehead atoms. The molecule has 1 amide bonds. The molecule has 10 heteroatoms. The van der Waals surface area contributed by atoms with Crippen molar-refractivity contribution in [3.05, 3.63) is 71.6 Å². The summed E-state index contributed by atoms with van der Waals surface area (Å²) in [5.41, 5.74) is 6.62. The van der Waals surface area contributed by atoms with Crippen molar-refractivity contribution >= 4 is 32.9 Å². The Bertz CT molecular complexity index is 1650. The maximum absolute atomic E-state index is 13.4. The zero-order valence-corrected chi connectivity index (χ0v) is 21.3. The third kappa shape index (κ3) is 4.63. The topological polar surface area (TPSA) is 116 Å². The Morgan fingerprint density at radius 1 is 0.919 bits per heavy atom. The maximum atomic E-state index is 13.4. The number of thiazole rings is 1. The number of rotatable bonds is 6. The molecule has 1 fully saturated rings. The van der Waals surface area contributed by atoms with E-state index < -0.39 is 0 Å². The SMILES string of the molecule is COc1cnc(C)cc1-c1cc(C)ncc1C(=O)Nc1nc2ncc(-c3ccc(C4CC4)cn3)nc2s1. The van der Waals surface area contributed by atoms with Gasteiger partial charge in [-0.05, 0) is 56.4 Å². The molecule has 5 heterocycles. The van der Waals surface area contributed by atoms with Gasteiger partial charge in [-0.1, -0.05) is 17.4 Å². The average Bonchev–Trinajstić information content (AvgIpc) is 3.68. The molecule has 184 valence electrons. The highest BCUT2D eigenvalue weighted by Crippen LogP contribution is 2.40. The van der Waals surface area contributed by atoms with Crippen molar-refractivity contribution in [3.8, 4) is 28.3 Å². The fourth-order valence-corrected chi connectivity index (χ4v) is 4.95. The Morgan fingerprint density at radius 2 is 1.70 bits per heavy atom. The van der Waals surface area contributed by atoms with Crippen LogP contribution in [0.2, 0.25) is 0 Å². The quantitative estimate of drug-likeness (QED) is 0.325. The van der Waals surface area contributed by atoms with Crippen molar-refractivity contribution in [2.45, 2.75) is 32.6 Å².